The third kappa shape index (κ3) is 3.73. The molecule has 22 heavy (non-hydrogen) atoms. The van der Waals surface area contributed by atoms with Crippen LogP contribution >= 0.6 is 46.9 Å². The van der Waals surface area contributed by atoms with Crippen LogP contribution in [0.2, 0.25) is 10.0 Å². The molecule has 1 aromatic carbocycles. The number of hydrogen-bond acceptors (Lipinski definition) is 4. The number of hydrogen-bond donors (Lipinski definition) is 1. The highest BCUT2D eigenvalue weighted by atomic mass is 35.5. The molecular weight excluding hydrogens is 365 g/mol. The number of rotatable bonds is 2. The second-order valence-corrected chi connectivity index (χ2v) is 6.38. The van der Waals surface area contributed by atoms with Gasteiger partial charge in [-0.05, 0) is 12.1 Å². The lowest BCUT2D eigenvalue weighted by Gasteiger charge is -2.26. The Kier molecular flexibility index (Phi) is 6.06. The molecule has 1 N–H and O–H groups in total. The van der Waals surface area contributed by atoms with E-state index < -0.39 is 0 Å². The van der Waals surface area contributed by atoms with Crippen molar-refractivity contribution in [2.45, 2.75) is 0 Å². The number of nitrogens with zero attached hydrogens (tertiary/aromatic N) is 2. The van der Waals surface area contributed by atoms with Gasteiger partial charge in [-0.1, -0.05) is 29.3 Å². The summed E-state index contributed by atoms with van der Waals surface area (Å²) < 4.78 is 0. The third-order valence-corrected chi connectivity index (χ3v) is 4.92. The Bertz CT molecular complexity index is 671. The van der Waals surface area contributed by atoms with Crippen molar-refractivity contribution in [2.24, 2.45) is 0 Å². The van der Waals surface area contributed by atoms with Crippen molar-refractivity contribution in [3.63, 3.8) is 0 Å². The van der Waals surface area contributed by atoms with Crippen LogP contribution in [0.25, 0.3) is 10.6 Å². The van der Waals surface area contributed by atoms with Crippen molar-refractivity contribution in [3.8, 4) is 10.6 Å². The standard InChI is InChI=1S/C14H13Cl2N3OS.ClH/c15-10-2-1-9(7-11(10)16)13-18-12(8-21-13)14(20)19-5-3-17-4-6-19;/h1-2,7-8,17H,3-6H2;1H. The van der Waals surface area contributed by atoms with Crippen LogP contribution in [0.5, 0.6) is 0 Å². The molecule has 1 aromatic heterocycles. The van der Waals surface area contributed by atoms with Crippen LogP contribution in [0.3, 0.4) is 0 Å². The summed E-state index contributed by atoms with van der Waals surface area (Å²) in [7, 11) is 0. The molecule has 2 heterocycles. The number of halogens is 3. The molecule has 0 spiro atoms. The first-order chi connectivity index (χ1) is 10.1. The van der Waals surface area contributed by atoms with Crippen LogP contribution in [0.4, 0.5) is 0 Å². The Morgan fingerprint density at radius 2 is 1.95 bits per heavy atom. The second-order valence-electron chi connectivity index (χ2n) is 4.71. The van der Waals surface area contributed by atoms with E-state index in [0.717, 1.165) is 36.8 Å². The fourth-order valence-electron chi connectivity index (χ4n) is 2.16. The number of nitrogens with one attached hydrogen (secondary N) is 1. The van der Waals surface area contributed by atoms with Crippen molar-refractivity contribution in [1.29, 1.82) is 0 Å². The van der Waals surface area contributed by atoms with Gasteiger partial charge in [0.15, 0.2) is 0 Å². The number of aromatic nitrogens is 1. The number of piperazine rings is 1. The maximum atomic E-state index is 12.4. The molecule has 1 saturated heterocycles. The van der Waals surface area contributed by atoms with Crippen molar-refractivity contribution >= 4 is 52.9 Å². The average Bonchev–Trinajstić information content (AvgIpc) is 3.00. The molecule has 118 valence electrons. The predicted octanol–water partition coefficient (Wildman–Crippen LogP) is 3.58. The first-order valence-corrected chi connectivity index (χ1v) is 8.19. The first kappa shape index (κ1) is 17.5. The van der Waals surface area contributed by atoms with Gasteiger partial charge in [0.05, 0.1) is 10.0 Å². The number of carbonyl (C=O) groups excluding carboxylic acids is 1. The number of carbonyl (C=O) groups is 1. The van der Waals surface area contributed by atoms with Gasteiger partial charge < -0.3 is 10.2 Å². The molecule has 1 fully saturated rings. The van der Waals surface area contributed by atoms with Crippen molar-refractivity contribution in [2.75, 3.05) is 26.2 Å². The largest absolute Gasteiger partial charge is 0.335 e. The molecule has 8 heteroatoms. The summed E-state index contributed by atoms with van der Waals surface area (Å²) in [6, 6.07) is 5.35. The molecule has 0 radical (unpaired) electrons. The van der Waals surface area contributed by atoms with E-state index in [4.69, 9.17) is 23.2 Å². The molecule has 3 rings (SSSR count). The maximum absolute atomic E-state index is 12.4. The quantitative estimate of drug-likeness (QED) is 0.868. The highest BCUT2D eigenvalue weighted by Crippen LogP contribution is 2.30. The maximum Gasteiger partial charge on any atom is 0.273 e. The minimum absolute atomic E-state index is 0. The molecule has 1 aliphatic rings. The molecule has 1 amide bonds. The van der Waals surface area contributed by atoms with Gasteiger partial charge in [-0.25, -0.2) is 4.98 Å². The minimum atomic E-state index is -0.0148. The van der Waals surface area contributed by atoms with Crippen LogP contribution in [0.15, 0.2) is 23.6 Å². The topological polar surface area (TPSA) is 45.2 Å². The lowest BCUT2D eigenvalue weighted by molar-refractivity contribution is 0.0731. The zero-order valence-electron chi connectivity index (χ0n) is 11.5. The van der Waals surface area contributed by atoms with Crippen LogP contribution in [-0.4, -0.2) is 42.0 Å². The zero-order valence-corrected chi connectivity index (χ0v) is 14.7. The van der Waals surface area contributed by atoms with Crippen molar-refractivity contribution in [3.05, 3.63) is 39.3 Å². The Hall–Kier alpha value is -0.850. The fraction of sp³-hybridized carbons (Fsp3) is 0.286. The van der Waals surface area contributed by atoms with Gasteiger partial charge in [0.2, 0.25) is 0 Å². The average molecular weight is 379 g/mol. The molecule has 0 aliphatic carbocycles. The van der Waals surface area contributed by atoms with Gasteiger partial charge in [0, 0.05) is 37.1 Å². The highest BCUT2D eigenvalue weighted by Gasteiger charge is 2.20. The molecule has 0 saturated carbocycles. The molecule has 0 unspecified atom stereocenters. The van der Waals surface area contributed by atoms with Crippen molar-refractivity contribution in [1.82, 2.24) is 15.2 Å². The van der Waals surface area contributed by atoms with Crippen LogP contribution in [-0.2, 0) is 0 Å². The number of amides is 1. The molecule has 4 nitrogen and oxygen atoms in total. The summed E-state index contributed by atoms with van der Waals surface area (Å²) in [6.45, 7) is 3.10. The van der Waals surface area contributed by atoms with E-state index >= 15 is 0 Å². The lowest BCUT2D eigenvalue weighted by atomic mass is 10.2. The monoisotopic (exact) mass is 377 g/mol. The first-order valence-electron chi connectivity index (χ1n) is 6.56. The normalized spacial score (nSPS) is 14.5. The number of benzene rings is 1. The Labute approximate surface area is 148 Å². The summed E-state index contributed by atoms with van der Waals surface area (Å²) in [5.41, 5.74) is 1.36. The van der Waals surface area contributed by atoms with E-state index in [-0.39, 0.29) is 18.3 Å². The van der Waals surface area contributed by atoms with E-state index in [1.165, 1.54) is 11.3 Å². The van der Waals surface area contributed by atoms with Gasteiger partial charge in [-0.3, -0.25) is 4.79 Å². The van der Waals surface area contributed by atoms with Crippen LogP contribution < -0.4 is 5.32 Å². The molecule has 2 aromatic rings. The molecule has 0 bridgehead atoms. The van der Waals surface area contributed by atoms with Gasteiger partial charge in [-0.15, -0.1) is 23.7 Å². The summed E-state index contributed by atoms with van der Waals surface area (Å²) in [4.78, 5) is 18.6. The van der Waals surface area contributed by atoms with Crippen molar-refractivity contribution < 1.29 is 4.79 Å². The predicted molar refractivity (Wildman–Crippen MR) is 93.6 cm³/mol. The van der Waals surface area contributed by atoms with Crippen LogP contribution in [0, 0.1) is 0 Å². The zero-order chi connectivity index (χ0) is 14.8. The SMILES string of the molecule is Cl.O=C(c1csc(-c2ccc(Cl)c(Cl)c2)n1)N1CCNCC1. The van der Waals surface area contributed by atoms with E-state index in [9.17, 15) is 4.79 Å². The smallest absolute Gasteiger partial charge is 0.273 e. The Balaban J connectivity index is 0.00000176. The van der Waals surface area contributed by atoms with E-state index in [0.29, 0.717) is 15.7 Å². The second kappa shape index (κ2) is 7.62. The third-order valence-electron chi connectivity index (χ3n) is 3.29. The summed E-state index contributed by atoms with van der Waals surface area (Å²) >= 11 is 13.4. The van der Waals surface area contributed by atoms with Gasteiger partial charge in [0.1, 0.15) is 10.7 Å². The minimum Gasteiger partial charge on any atom is -0.335 e. The Morgan fingerprint density at radius 1 is 1.23 bits per heavy atom. The fourth-order valence-corrected chi connectivity index (χ4v) is 3.25. The molecular formula is C14H14Cl3N3OS. The van der Waals surface area contributed by atoms with Gasteiger partial charge >= 0.3 is 0 Å². The van der Waals surface area contributed by atoms with E-state index in [2.05, 4.69) is 10.3 Å². The number of thiazole rings is 1. The van der Waals surface area contributed by atoms with E-state index in [1.807, 2.05) is 11.0 Å². The summed E-state index contributed by atoms with van der Waals surface area (Å²) in [5.74, 6) is -0.0148. The lowest BCUT2D eigenvalue weighted by Crippen LogP contribution is -2.46. The van der Waals surface area contributed by atoms with Crippen LogP contribution in [0.1, 0.15) is 10.5 Å². The van der Waals surface area contributed by atoms with Gasteiger partial charge in [-0.2, -0.15) is 0 Å². The Morgan fingerprint density at radius 3 is 2.64 bits per heavy atom. The molecule has 0 atom stereocenters. The highest BCUT2D eigenvalue weighted by molar-refractivity contribution is 7.13. The molecule has 1 aliphatic heterocycles. The summed E-state index contributed by atoms with van der Waals surface area (Å²) in [5, 5.41) is 6.78. The van der Waals surface area contributed by atoms with E-state index in [1.54, 1.807) is 17.5 Å². The summed E-state index contributed by atoms with van der Waals surface area (Å²) in [6.07, 6.45) is 0. The van der Waals surface area contributed by atoms with Gasteiger partial charge in [0.25, 0.3) is 5.91 Å².